The smallest absolute Gasteiger partial charge is 0.267 e. The van der Waals surface area contributed by atoms with E-state index in [0.717, 1.165) is 32.6 Å². The molecule has 0 fully saturated rings. The molecule has 5 aromatic rings. The molecule has 0 spiro atoms. The molecule has 1 amide bonds. The Morgan fingerprint density at radius 1 is 0.882 bits per heavy atom. The second-order valence-electron chi connectivity index (χ2n) is 7.89. The fourth-order valence-corrected chi connectivity index (χ4v) is 4.58. The maximum absolute atomic E-state index is 12.5. The fraction of sp³-hybridized carbons (Fsp3) is 0.111. The first-order valence-electron chi connectivity index (χ1n) is 11.0. The number of hydrogen-bond acceptors (Lipinski definition) is 5. The third-order valence-corrected chi connectivity index (χ3v) is 6.42. The first kappa shape index (κ1) is 21.7. The van der Waals surface area contributed by atoms with Crippen molar-refractivity contribution >= 4 is 28.0 Å². The van der Waals surface area contributed by atoms with Crippen LogP contribution in [0.25, 0.3) is 32.6 Å². The van der Waals surface area contributed by atoms with Crippen molar-refractivity contribution in [3.05, 3.63) is 106 Å². The third kappa shape index (κ3) is 4.94. The van der Waals surface area contributed by atoms with Gasteiger partial charge in [-0.05, 0) is 22.9 Å². The molecule has 0 unspecified atom stereocenters. The maximum Gasteiger partial charge on any atom is 0.267 e. The molecule has 2 aromatic heterocycles. The summed E-state index contributed by atoms with van der Waals surface area (Å²) in [6.07, 6.45) is 0.620. The summed E-state index contributed by atoms with van der Waals surface area (Å²) in [5.41, 5.74) is 3.24. The maximum atomic E-state index is 12.5. The number of carbonyl (C=O) groups excluding carboxylic acids is 1. The van der Waals surface area contributed by atoms with Crippen molar-refractivity contribution < 1.29 is 4.79 Å². The van der Waals surface area contributed by atoms with Crippen LogP contribution in [0.5, 0.6) is 0 Å². The predicted octanol–water partition coefficient (Wildman–Crippen LogP) is 4.55. The quantitative estimate of drug-likeness (QED) is 0.382. The van der Waals surface area contributed by atoms with Crippen molar-refractivity contribution in [1.29, 1.82) is 0 Å². The normalized spacial score (nSPS) is 10.9. The summed E-state index contributed by atoms with van der Waals surface area (Å²) in [5, 5.41) is 12.5. The van der Waals surface area contributed by atoms with Crippen LogP contribution in [0.3, 0.4) is 0 Å². The molecule has 0 saturated carbocycles. The Bertz CT molecular complexity index is 1510. The Morgan fingerprint density at radius 3 is 2.53 bits per heavy atom. The van der Waals surface area contributed by atoms with Crippen LogP contribution >= 0.6 is 11.3 Å². The molecule has 0 atom stereocenters. The minimum Gasteiger partial charge on any atom is -0.354 e. The number of fused-ring (bicyclic) bond motifs is 1. The largest absolute Gasteiger partial charge is 0.354 e. The van der Waals surface area contributed by atoms with Crippen LogP contribution in [0.15, 0.2) is 95.1 Å². The van der Waals surface area contributed by atoms with Crippen molar-refractivity contribution in [2.45, 2.75) is 13.0 Å². The summed E-state index contributed by atoms with van der Waals surface area (Å²) in [5.74, 6) is -0.260. The molecule has 0 saturated heterocycles. The molecule has 1 N–H and O–H groups in total. The average Bonchev–Trinajstić information content (AvgIpc) is 3.34. The van der Waals surface area contributed by atoms with Crippen molar-refractivity contribution in [3.63, 3.8) is 0 Å². The fourth-order valence-electron chi connectivity index (χ4n) is 3.72. The highest BCUT2D eigenvalue weighted by Crippen LogP contribution is 2.24. The van der Waals surface area contributed by atoms with Gasteiger partial charge >= 0.3 is 0 Å². The molecular formula is C27H22N4O2S. The van der Waals surface area contributed by atoms with Gasteiger partial charge in [0.05, 0.1) is 11.4 Å². The van der Waals surface area contributed by atoms with Gasteiger partial charge < -0.3 is 5.32 Å². The zero-order chi connectivity index (χ0) is 23.3. The summed E-state index contributed by atoms with van der Waals surface area (Å²) in [4.78, 5) is 29.4. The SMILES string of the molecule is O=C(Cn1nc(-c2ccc3ccccc3c2)ccc1=O)NCCc1csc(-c2ccccc2)n1. The summed E-state index contributed by atoms with van der Waals surface area (Å²) < 4.78 is 1.20. The van der Waals surface area contributed by atoms with E-state index in [-0.39, 0.29) is 18.0 Å². The Morgan fingerprint density at radius 2 is 1.68 bits per heavy atom. The lowest BCUT2D eigenvalue weighted by Crippen LogP contribution is -2.34. The zero-order valence-corrected chi connectivity index (χ0v) is 19.2. The van der Waals surface area contributed by atoms with Crippen LogP contribution in [-0.2, 0) is 17.8 Å². The van der Waals surface area contributed by atoms with E-state index in [2.05, 4.69) is 15.4 Å². The molecule has 0 aliphatic heterocycles. The zero-order valence-electron chi connectivity index (χ0n) is 18.3. The topological polar surface area (TPSA) is 76.9 Å². The molecule has 168 valence electrons. The summed E-state index contributed by atoms with van der Waals surface area (Å²) in [6, 6.07) is 27.2. The van der Waals surface area contributed by atoms with Crippen molar-refractivity contribution in [3.8, 4) is 21.8 Å². The van der Waals surface area contributed by atoms with Gasteiger partial charge in [-0.25, -0.2) is 9.67 Å². The van der Waals surface area contributed by atoms with Gasteiger partial charge in [-0.15, -0.1) is 11.3 Å². The van der Waals surface area contributed by atoms with E-state index < -0.39 is 0 Å². The number of rotatable bonds is 7. The van der Waals surface area contributed by atoms with E-state index in [1.807, 2.05) is 78.2 Å². The van der Waals surface area contributed by atoms with Crippen molar-refractivity contribution in [2.75, 3.05) is 6.54 Å². The molecule has 0 radical (unpaired) electrons. The minimum absolute atomic E-state index is 0.132. The molecule has 7 heteroatoms. The highest BCUT2D eigenvalue weighted by Gasteiger charge is 2.10. The number of hydrogen-bond donors (Lipinski definition) is 1. The second-order valence-corrected chi connectivity index (χ2v) is 8.74. The van der Waals surface area contributed by atoms with Crippen LogP contribution in [0.2, 0.25) is 0 Å². The van der Waals surface area contributed by atoms with Crippen LogP contribution in [0.1, 0.15) is 5.69 Å². The second kappa shape index (κ2) is 9.80. The number of carbonyl (C=O) groups is 1. The van der Waals surface area contributed by atoms with Crippen LogP contribution in [-0.4, -0.2) is 27.2 Å². The Kier molecular flexibility index (Phi) is 6.27. The summed E-state index contributed by atoms with van der Waals surface area (Å²) in [7, 11) is 0. The van der Waals surface area contributed by atoms with Gasteiger partial charge in [-0.3, -0.25) is 9.59 Å². The lowest BCUT2D eigenvalue weighted by atomic mass is 10.1. The molecule has 0 bridgehead atoms. The number of nitrogens with zero attached hydrogens (tertiary/aromatic N) is 3. The van der Waals surface area contributed by atoms with Crippen molar-refractivity contribution in [2.24, 2.45) is 0 Å². The van der Waals surface area contributed by atoms with Gasteiger partial charge in [0.25, 0.3) is 5.56 Å². The molecule has 0 aliphatic rings. The van der Waals surface area contributed by atoms with Crippen molar-refractivity contribution in [1.82, 2.24) is 20.1 Å². The molecule has 5 rings (SSSR count). The number of nitrogens with one attached hydrogen (secondary N) is 1. The predicted molar refractivity (Wildman–Crippen MR) is 136 cm³/mol. The monoisotopic (exact) mass is 466 g/mol. The van der Waals surface area contributed by atoms with Crippen LogP contribution in [0.4, 0.5) is 0 Å². The number of benzene rings is 3. The number of thiazole rings is 1. The van der Waals surface area contributed by atoms with Gasteiger partial charge in [-0.2, -0.15) is 5.10 Å². The summed E-state index contributed by atoms with van der Waals surface area (Å²) in [6.45, 7) is 0.308. The van der Waals surface area contributed by atoms with E-state index in [9.17, 15) is 9.59 Å². The van der Waals surface area contributed by atoms with E-state index in [0.29, 0.717) is 18.7 Å². The molecule has 2 heterocycles. The number of amides is 1. The lowest BCUT2D eigenvalue weighted by Gasteiger charge is -2.09. The highest BCUT2D eigenvalue weighted by atomic mass is 32.1. The first-order valence-corrected chi connectivity index (χ1v) is 11.9. The lowest BCUT2D eigenvalue weighted by molar-refractivity contribution is -0.121. The van der Waals surface area contributed by atoms with Gasteiger partial charge in [0, 0.05) is 35.5 Å². The van der Waals surface area contributed by atoms with Crippen LogP contribution < -0.4 is 10.9 Å². The summed E-state index contributed by atoms with van der Waals surface area (Å²) >= 11 is 1.59. The molecule has 6 nitrogen and oxygen atoms in total. The standard InChI is InChI=1S/C27H22N4O2S/c32-25(28-15-14-23-18-34-27(29-23)20-7-2-1-3-8-20)17-31-26(33)13-12-24(30-31)22-11-10-19-6-4-5-9-21(19)16-22/h1-13,16,18H,14-15,17H2,(H,28,32). The number of aromatic nitrogens is 3. The van der Waals surface area contributed by atoms with E-state index in [1.165, 1.54) is 10.7 Å². The van der Waals surface area contributed by atoms with E-state index in [1.54, 1.807) is 17.4 Å². The molecule has 3 aromatic carbocycles. The minimum atomic E-state index is -0.313. The Labute approximate surface area is 200 Å². The Hall–Kier alpha value is -4.10. The average molecular weight is 467 g/mol. The van der Waals surface area contributed by atoms with E-state index in [4.69, 9.17) is 0 Å². The van der Waals surface area contributed by atoms with Crippen LogP contribution in [0, 0.1) is 0 Å². The van der Waals surface area contributed by atoms with Gasteiger partial charge in [0.15, 0.2) is 0 Å². The highest BCUT2D eigenvalue weighted by molar-refractivity contribution is 7.13. The molecular weight excluding hydrogens is 444 g/mol. The Balaban J connectivity index is 1.21. The van der Waals surface area contributed by atoms with Gasteiger partial charge in [0.2, 0.25) is 5.91 Å². The molecule has 0 aliphatic carbocycles. The van der Waals surface area contributed by atoms with Gasteiger partial charge in [-0.1, -0.05) is 66.7 Å². The third-order valence-electron chi connectivity index (χ3n) is 5.48. The van der Waals surface area contributed by atoms with Gasteiger partial charge in [0.1, 0.15) is 11.6 Å². The first-order chi connectivity index (χ1) is 16.7. The van der Waals surface area contributed by atoms with E-state index >= 15 is 0 Å². The molecule has 34 heavy (non-hydrogen) atoms.